The van der Waals surface area contributed by atoms with E-state index in [-0.39, 0.29) is 30.1 Å². The zero-order valence-corrected chi connectivity index (χ0v) is 9.41. The molecule has 0 saturated carbocycles. The third-order valence-corrected chi connectivity index (χ3v) is 1.98. The molecular formula is C10H10F3N3O2. The molecule has 2 N–H and O–H groups in total. The first kappa shape index (κ1) is 14.1. The maximum Gasteiger partial charge on any atom is 0.573 e. The van der Waals surface area contributed by atoms with Gasteiger partial charge in [0, 0.05) is 12.1 Å². The van der Waals surface area contributed by atoms with E-state index in [2.05, 4.69) is 9.72 Å². The number of nitrogens with zero attached hydrogens (tertiary/aromatic N) is 2. The summed E-state index contributed by atoms with van der Waals surface area (Å²) in [5.74, 6) is -0.456. The Balaban J connectivity index is 3.23. The molecule has 0 atom stereocenters. The molecule has 98 valence electrons. The molecule has 0 aliphatic rings. The molecule has 0 saturated heterocycles. The number of hydrogen-bond acceptors (Lipinski definition) is 5. The molecule has 0 spiro atoms. The third-order valence-electron chi connectivity index (χ3n) is 1.98. The maximum atomic E-state index is 12.2. The number of halogens is 3. The highest BCUT2D eigenvalue weighted by Crippen LogP contribution is 2.30. The lowest BCUT2D eigenvalue weighted by Crippen LogP contribution is -2.19. The summed E-state index contributed by atoms with van der Waals surface area (Å²) in [4.78, 5) is 3.79. The van der Waals surface area contributed by atoms with Crippen molar-refractivity contribution in [3.63, 3.8) is 0 Å². The van der Waals surface area contributed by atoms with Crippen molar-refractivity contribution in [2.24, 2.45) is 5.73 Å². The van der Waals surface area contributed by atoms with Crippen LogP contribution in [0, 0.1) is 11.3 Å². The van der Waals surface area contributed by atoms with E-state index in [1.54, 1.807) is 6.07 Å². The molecule has 0 aliphatic heterocycles. The number of methoxy groups -OCH3 is 1. The molecule has 0 unspecified atom stereocenters. The first-order chi connectivity index (χ1) is 8.41. The monoisotopic (exact) mass is 261 g/mol. The van der Waals surface area contributed by atoms with Gasteiger partial charge in [-0.05, 0) is 6.07 Å². The normalized spacial score (nSPS) is 10.9. The number of nitriles is 1. The van der Waals surface area contributed by atoms with E-state index in [0.29, 0.717) is 0 Å². The van der Waals surface area contributed by atoms with E-state index in [1.165, 1.54) is 7.11 Å². The highest BCUT2D eigenvalue weighted by molar-refractivity contribution is 5.40. The average Bonchev–Trinajstić information content (AvgIpc) is 2.28. The van der Waals surface area contributed by atoms with Crippen molar-refractivity contribution in [3.05, 3.63) is 17.3 Å². The highest BCUT2D eigenvalue weighted by atomic mass is 19.4. The number of pyridine rings is 1. The topological polar surface area (TPSA) is 81.2 Å². The molecule has 0 aliphatic carbocycles. The summed E-state index contributed by atoms with van der Waals surface area (Å²) in [6.07, 6.45) is -4.99. The largest absolute Gasteiger partial charge is 0.573 e. The molecule has 5 nitrogen and oxygen atoms in total. The SMILES string of the molecule is COc1nc(CN)c(OC(F)(F)F)cc1CC#N. The van der Waals surface area contributed by atoms with E-state index < -0.39 is 12.1 Å². The van der Waals surface area contributed by atoms with Gasteiger partial charge in [-0.1, -0.05) is 0 Å². The summed E-state index contributed by atoms with van der Waals surface area (Å²) in [6, 6.07) is 2.86. The van der Waals surface area contributed by atoms with Gasteiger partial charge in [-0.3, -0.25) is 0 Å². The quantitative estimate of drug-likeness (QED) is 0.888. The molecular weight excluding hydrogens is 251 g/mol. The summed E-state index contributed by atoms with van der Waals surface area (Å²) in [6.45, 7) is -0.241. The van der Waals surface area contributed by atoms with Crippen molar-refractivity contribution >= 4 is 0 Å². The second kappa shape index (κ2) is 5.55. The average molecular weight is 261 g/mol. The first-order valence-electron chi connectivity index (χ1n) is 4.80. The molecule has 0 bridgehead atoms. The van der Waals surface area contributed by atoms with Crippen molar-refractivity contribution < 1.29 is 22.6 Å². The minimum Gasteiger partial charge on any atom is -0.481 e. The second-order valence-corrected chi connectivity index (χ2v) is 3.19. The number of alkyl halides is 3. The van der Waals surface area contributed by atoms with Crippen LogP contribution in [0.3, 0.4) is 0 Å². The Morgan fingerprint density at radius 1 is 1.50 bits per heavy atom. The fourth-order valence-electron chi connectivity index (χ4n) is 1.30. The summed E-state index contributed by atoms with van der Waals surface area (Å²) in [5.41, 5.74) is 5.40. The fraction of sp³-hybridized carbons (Fsp3) is 0.400. The van der Waals surface area contributed by atoms with Crippen molar-refractivity contribution in [1.82, 2.24) is 4.98 Å². The van der Waals surface area contributed by atoms with E-state index in [1.807, 2.05) is 0 Å². The molecule has 0 aromatic carbocycles. The van der Waals surface area contributed by atoms with Gasteiger partial charge in [0.25, 0.3) is 0 Å². The van der Waals surface area contributed by atoms with Gasteiger partial charge in [0.15, 0.2) is 5.75 Å². The summed E-state index contributed by atoms with van der Waals surface area (Å²) in [7, 11) is 1.30. The Labute approximate surface area is 101 Å². The lowest BCUT2D eigenvalue weighted by molar-refractivity contribution is -0.275. The molecule has 1 rings (SSSR count). The van der Waals surface area contributed by atoms with Gasteiger partial charge in [0.05, 0.1) is 19.6 Å². The standard InChI is InChI=1S/C10H10F3N3O2/c1-17-9-6(2-3-14)4-8(7(5-15)16-9)18-10(11,12)13/h4H,2,5,15H2,1H3. The third kappa shape index (κ3) is 3.49. The number of ether oxygens (including phenoxy) is 2. The van der Waals surface area contributed by atoms with Crippen LogP contribution in [0.2, 0.25) is 0 Å². The Bertz CT molecular complexity index is 469. The van der Waals surface area contributed by atoms with E-state index in [0.717, 1.165) is 6.07 Å². The maximum absolute atomic E-state index is 12.2. The molecule has 1 aromatic rings. The van der Waals surface area contributed by atoms with Crippen LogP contribution in [0.5, 0.6) is 11.6 Å². The van der Waals surface area contributed by atoms with Crippen molar-refractivity contribution in [2.75, 3.05) is 7.11 Å². The summed E-state index contributed by atoms with van der Waals surface area (Å²) in [5, 5.41) is 8.57. The molecule has 0 fully saturated rings. The number of nitrogens with two attached hydrogens (primary N) is 1. The Morgan fingerprint density at radius 2 is 2.17 bits per heavy atom. The van der Waals surface area contributed by atoms with Crippen molar-refractivity contribution in [1.29, 1.82) is 5.26 Å². The van der Waals surface area contributed by atoms with Crippen LogP contribution in [0.4, 0.5) is 13.2 Å². The highest BCUT2D eigenvalue weighted by Gasteiger charge is 2.32. The van der Waals surface area contributed by atoms with Gasteiger partial charge >= 0.3 is 6.36 Å². The zero-order valence-electron chi connectivity index (χ0n) is 9.41. The van der Waals surface area contributed by atoms with Crippen LogP contribution in [-0.2, 0) is 13.0 Å². The van der Waals surface area contributed by atoms with Gasteiger partial charge in [0.1, 0.15) is 5.69 Å². The minimum atomic E-state index is -4.84. The second-order valence-electron chi connectivity index (χ2n) is 3.19. The van der Waals surface area contributed by atoms with Gasteiger partial charge in [0.2, 0.25) is 5.88 Å². The Morgan fingerprint density at radius 3 is 2.61 bits per heavy atom. The van der Waals surface area contributed by atoms with Gasteiger partial charge in [-0.25, -0.2) is 4.98 Å². The lowest BCUT2D eigenvalue weighted by atomic mass is 10.2. The van der Waals surface area contributed by atoms with Crippen LogP contribution >= 0.6 is 0 Å². The van der Waals surface area contributed by atoms with Crippen molar-refractivity contribution in [3.8, 4) is 17.7 Å². The number of rotatable bonds is 4. The number of hydrogen-bond donors (Lipinski definition) is 1. The number of aromatic nitrogens is 1. The van der Waals surface area contributed by atoms with Crippen LogP contribution in [0.1, 0.15) is 11.3 Å². The molecule has 0 amide bonds. The summed E-state index contributed by atoms with van der Waals surface area (Å²) >= 11 is 0. The fourth-order valence-corrected chi connectivity index (χ4v) is 1.30. The summed E-state index contributed by atoms with van der Waals surface area (Å²) < 4.78 is 45.2. The van der Waals surface area contributed by atoms with Crippen LogP contribution < -0.4 is 15.2 Å². The molecule has 8 heteroatoms. The zero-order chi connectivity index (χ0) is 13.8. The van der Waals surface area contributed by atoms with Crippen molar-refractivity contribution in [2.45, 2.75) is 19.3 Å². The molecule has 1 aromatic heterocycles. The molecule has 18 heavy (non-hydrogen) atoms. The van der Waals surface area contributed by atoms with Crippen LogP contribution in [-0.4, -0.2) is 18.5 Å². The predicted molar refractivity (Wildman–Crippen MR) is 54.7 cm³/mol. The van der Waals surface area contributed by atoms with Crippen LogP contribution in [0.15, 0.2) is 6.07 Å². The van der Waals surface area contributed by atoms with Gasteiger partial charge < -0.3 is 15.2 Å². The predicted octanol–water partition coefficient (Wildman–Crippen LogP) is 1.51. The van der Waals surface area contributed by atoms with E-state index >= 15 is 0 Å². The van der Waals surface area contributed by atoms with E-state index in [4.69, 9.17) is 15.7 Å². The van der Waals surface area contributed by atoms with E-state index in [9.17, 15) is 13.2 Å². The van der Waals surface area contributed by atoms with Crippen LogP contribution in [0.25, 0.3) is 0 Å². The Hall–Kier alpha value is -2.01. The smallest absolute Gasteiger partial charge is 0.481 e. The molecule has 1 heterocycles. The lowest BCUT2D eigenvalue weighted by Gasteiger charge is -2.14. The van der Waals surface area contributed by atoms with Gasteiger partial charge in [-0.15, -0.1) is 13.2 Å². The molecule has 0 radical (unpaired) electrons. The van der Waals surface area contributed by atoms with Gasteiger partial charge in [-0.2, -0.15) is 5.26 Å². The minimum absolute atomic E-state index is 0.0616. The Kier molecular flexibility index (Phi) is 4.33. The first-order valence-corrected chi connectivity index (χ1v) is 4.80.